The molecule has 1 N–H and O–H groups in total. The second kappa shape index (κ2) is 14.5. The first-order valence-corrected chi connectivity index (χ1v) is 16.0. The summed E-state index contributed by atoms with van der Waals surface area (Å²) < 4.78 is 5.44. The monoisotopic (exact) mass is 645 g/mol. The molecular weight excluding hydrogens is 605 g/mol. The van der Waals surface area contributed by atoms with E-state index in [1.54, 1.807) is 28.0 Å². The number of hydrogen-bond donors (Lipinski definition) is 1. The van der Waals surface area contributed by atoms with Gasteiger partial charge in [-0.3, -0.25) is 24.3 Å². The molecule has 0 aromatic heterocycles. The van der Waals surface area contributed by atoms with E-state index in [-0.39, 0.29) is 44.4 Å². The van der Waals surface area contributed by atoms with Crippen LogP contribution in [0.1, 0.15) is 24.0 Å². The number of halogens is 2. The first-order chi connectivity index (χ1) is 21.1. The molecule has 238 valence electrons. The van der Waals surface area contributed by atoms with Crippen LogP contribution >= 0.6 is 23.2 Å². The van der Waals surface area contributed by atoms with E-state index in [1.165, 1.54) is 0 Å². The van der Waals surface area contributed by atoms with Gasteiger partial charge < -0.3 is 19.6 Å². The molecule has 1 atom stereocenters. The molecule has 5 rings (SSSR count). The summed E-state index contributed by atoms with van der Waals surface area (Å²) in [4.78, 5) is 49.9. The van der Waals surface area contributed by atoms with Gasteiger partial charge in [0.15, 0.2) is 0 Å². The number of carbonyl (C=O) groups excluding carboxylic acids is 2. The highest BCUT2D eigenvalue weighted by Gasteiger charge is 2.47. The maximum Gasteiger partial charge on any atom is 0.324 e. The second-order valence-electron chi connectivity index (χ2n) is 12.2. The number of carboxylic acids is 1. The predicted octanol–water partition coefficient (Wildman–Crippen LogP) is 4.07. The van der Waals surface area contributed by atoms with Crippen LogP contribution in [-0.2, 0) is 20.9 Å². The molecule has 3 aliphatic rings. The van der Waals surface area contributed by atoms with Crippen LogP contribution in [0.4, 0.5) is 10.5 Å². The minimum absolute atomic E-state index is 0.0214. The van der Waals surface area contributed by atoms with Crippen molar-refractivity contribution in [3.05, 3.63) is 63.6 Å². The largest absolute Gasteiger partial charge is 0.481 e. The fourth-order valence-corrected chi connectivity index (χ4v) is 6.84. The Morgan fingerprint density at radius 2 is 1.55 bits per heavy atom. The molecule has 12 heteroatoms. The molecule has 3 fully saturated rings. The molecule has 10 nitrogen and oxygen atoms in total. The minimum atomic E-state index is -1.01. The quantitative estimate of drug-likeness (QED) is 0.416. The number of anilines is 1. The van der Waals surface area contributed by atoms with Crippen LogP contribution in [0.5, 0.6) is 0 Å². The Kier molecular flexibility index (Phi) is 10.7. The molecule has 2 aromatic carbocycles. The van der Waals surface area contributed by atoms with Crippen molar-refractivity contribution in [3.8, 4) is 0 Å². The highest BCUT2D eigenvalue weighted by Crippen LogP contribution is 2.38. The van der Waals surface area contributed by atoms with Crippen LogP contribution in [0.2, 0.25) is 10.0 Å². The number of aliphatic carboxylic acids is 1. The van der Waals surface area contributed by atoms with Gasteiger partial charge in [-0.05, 0) is 36.8 Å². The van der Waals surface area contributed by atoms with Gasteiger partial charge in [0.2, 0.25) is 5.91 Å². The number of carbonyl (C=O) groups is 3. The Morgan fingerprint density at radius 1 is 0.886 bits per heavy atom. The third-order valence-electron chi connectivity index (χ3n) is 8.86. The lowest BCUT2D eigenvalue weighted by molar-refractivity contribution is -0.142. The number of carboxylic acid groups (broad SMARTS) is 1. The van der Waals surface area contributed by atoms with Crippen molar-refractivity contribution in [1.29, 1.82) is 0 Å². The number of nitrogens with zero attached hydrogens (tertiary/aromatic N) is 5. The molecule has 3 saturated heterocycles. The number of morpholine rings is 1. The van der Waals surface area contributed by atoms with E-state index in [1.807, 2.05) is 36.1 Å². The maximum atomic E-state index is 13.9. The molecular formula is C32H41Cl2N5O5. The number of rotatable bonds is 10. The zero-order valence-corrected chi connectivity index (χ0v) is 26.7. The fourth-order valence-electron chi connectivity index (χ4n) is 6.37. The number of benzene rings is 2. The van der Waals surface area contributed by atoms with Crippen LogP contribution in [0, 0.1) is 12.3 Å². The number of ether oxygens (including phenoxy) is 1. The number of aryl methyl sites for hydroxylation is 1. The summed E-state index contributed by atoms with van der Waals surface area (Å²) in [5, 5.41) is 11.0. The third-order valence-corrected chi connectivity index (χ3v) is 9.44. The standard InChI is InChI=1S/C32H41Cl2N5O5/c1-24-2-6-27(7-3-24)39-23-32(20-30(41)42,22-38(31(39)43)21-25-4-5-26(33)18-28(25)34)19-29(40)37-12-10-35(11-13-37)8-9-36-14-16-44-17-15-36/h2-7,18H,8-17,19-23H2,1H3,(H,41,42). The molecule has 0 aliphatic carbocycles. The van der Waals surface area contributed by atoms with E-state index in [0.717, 1.165) is 58.0 Å². The Morgan fingerprint density at radius 3 is 2.18 bits per heavy atom. The summed E-state index contributed by atoms with van der Waals surface area (Å²) in [5.74, 6) is -1.09. The molecule has 0 radical (unpaired) electrons. The van der Waals surface area contributed by atoms with Gasteiger partial charge in [-0.15, -0.1) is 0 Å². The predicted molar refractivity (Wildman–Crippen MR) is 170 cm³/mol. The third kappa shape index (κ3) is 8.22. The zero-order valence-electron chi connectivity index (χ0n) is 25.2. The Bertz CT molecular complexity index is 1330. The van der Waals surface area contributed by atoms with Gasteiger partial charge in [0.25, 0.3) is 0 Å². The number of piperazine rings is 1. The lowest BCUT2D eigenvalue weighted by atomic mass is 9.77. The van der Waals surface area contributed by atoms with E-state index in [2.05, 4.69) is 9.80 Å². The lowest BCUT2D eigenvalue weighted by Crippen LogP contribution is -2.60. The van der Waals surface area contributed by atoms with Crippen molar-refractivity contribution < 1.29 is 24.2 Å². The van der Waals surface area contributed by atoms with Gasteiger partial charge in [0.05, 0.1) is 19.6 Å². The molecule has 44 heavy (non-hydrogen) atoms. The van der Waals surface area contributed by atoms with Crippen molar-refractivity contribution in [3.63, 3.8) is 0 Å². The molecule has 1 unspecified atom stereocenters. The molecule has 3 heterocycles. The van der Waals surface area contributed by atoms with Gasteiger partial charge in [-0.2, -0.15) is 0 Å². The van der Waals surface area contributed by atoms with Crippen molar-refractivity contribution in [2.45, 2.75) is 26.3 Å². The molecule has 0 saturated carbocycles. The van der Waals surface area contributed by atoms with E-state index in [0.29, 0.717) is 34.4 Å². The summed E-state index contributed by atoms with van der Waals surface area (Å²) in [6, 6.07) is 12.4. The SMILES string of the molecule is Cc1ccc(N2CC(CC(=O)O)(CC(=O)N3CCN(CCN4CCOCC4)CC3)CN(Cc3ccc(Cl)cc3Cl)C2=O)cc1. The fraction of sp³-hybridized carbons (Fsp3) is 0.531. The molecule has 3 amide bonds. The minimum Gasteiger partial charge on any atom is -0.481 e. The Balaban J connectivity index is 1.32. The summed E-state index contributed by atoms with van der Waals surface area (Å²) in [6.07, 6.45) is -0.230. The maximum absolute atomic E-state index is 13.9. The summed E-state index contributed by atoms with van der Waals surface area (Å²) in [6.45, 7) is 10.5. The summed E-state index contributed by atoms with van der Waals surface area (Å²) in [5.41, 5.74) is 1.38. The van der Waals surface area contributed by atoms with Gasteiger partial charge in [0.1, 0.15) is 0 Å². The van der Waals surface area contributed by atoms with Gasteiger partial charge in [-0.1, -0.05) is 47.0 Å². The van der Waals surface area contributed by atoms with E-state index in [4.69, 9.17) is 27.9 Å². The Hall–Kier alpha value is -2.89. The molecule has 3 aliphatic heterocycles. The highest BCUT2D eigenvalue weighted by molar-refractivity contribution is 6.35. The van der Waals surface area contributed by atoms with Gasteiger partial charge >= 0.3 is 12.0 Å². The van der Waals surface area contributed by atoms with Crippen molar-refractivity contribution in [1.82, 2.24) is 19.6 Å². The first kappa shape index (κ1) is 32.5. The topological polar surface area (TPSA) is 96.9 Å². The van der Waals surface area contributed by atoms with Crippen LogP contribution < -0.4 is 4.90 Å². The van der Waals surface area contributed by atoms with Crippen LogP contribution in [-0.4, -0.2) is 121 Å². The molecule has 0 bridgehead atoms. The average molecular weight is 647 g/mol. The normalized spacial score (nSPS) is 22.0. The average Bonchev–Trinajstić information content (AvgIpc) is 3.00. The molecule has 0 spiro atoms. The first-order valence-electron chi connectivity index (χ1n) is 15.2. The summed E-state index contributed by atoms with van der Waals surface area (Å²) >= 11 is 12.6. The van der Waals surface area contributed by atoms with Crippen molar-refractivity contribution in [2.75, 3.05) is 83.6 Å². The van der Waals surface area contributed by atoms with Gasteiger partial charge in [-0.25, -0.2) is 4.79 Å². The van der Waals surface area contributed by atoms with Gasteiger partial charge in [0, 0.05) is 99.6 Å². The number of amides is 3. The van der Waals surface area contributed by atoms with Crippen LogP contribution in [0.15, 0.2) is 42.5 Å². The smallest absolute Gasteiger partial charge is 0.324 e. The van der Waals surface area contributed by atoms with Crippen molar-refractivity contribution in [2.24, 2.45) is 5.41 Å². The highest BCUT2D eigenvalue weighted by atomic mass is 35.5. The van der Waals surface area contributed by atoms with Crippen LogP contribution in [0.3, 0.4) is 0 Å². The Labute approximate surface area is 269 Å². The zero-order chi connectivity index (χ0) is 31.3. The number of hydrogen-bond acceptors (Lipinski definition) is 6. The summed E-state index contributed by atoms with van der Waals surface area (Å²) in [7, 11) is 0. The second-order valence-corrected chi connectivity index (χ2v) is 13.1. The van der Waals surface area contributed by atoms with Crippen LogP contribution in [0.25, 0.3) is 0 Å². The number of urea groups is 1. The van der Waals surface area contributed by atoms with Crippen molar-refractivity contribution >= 4 is 46.8 Å². The van der Waals surface area contributed by atoms with E-state index in [9.17, 15) is 19.5 Å². The lowest BCUT2D eigenvalue weighted by Gasteiger charge is -2.48. The molecule has 2 aromatic rings. The van der Waals surface area contributed by atoms with E-state index >= 15 is 0 Å². The van der Waals surface area contributed by atoms with E-state index < -0.39 is 11.4 Å².